The van der Waals surface area contributed by atoms with Gasteiger partial charge in [0.05, 0.1) is 31.1 Å². The van der Waals surface area contributed by atoms with Crippen LogP contribution in [0.25, 0.3) is 5.69 Å². The number of amides is 1. The highest BCUT2D eigenvalue weighted by atomic mass is 16.6. The summed E-state index contributed by atoms with van der Waals surface area (Å²) in [7, 11) is 3.00. The summed E-state index contributed by atoms with van der Waals surface area (Å²) in [6, 6.07) is 14.5. The maximum absolute atomic E-state index is 12.4. The number of benzene rings is 2. The number of hydrogen-bond acceptors (Lipinski definition) is 6. The van der Waals surface area contributed by atoms with Gasteiger partial charge in [0.15, 0.2) is 0 Å². The lowest BCUT2D eigenvalue weighted by Crippen LogP contribution is -2.18. The van der Waals surface area contributed by atoms with Crippen LogP contribution in [-0.4, -0.2) is 35.8 Å². The average Bonchev–Trinajstić information content (AvgIpc) is 3.21. The molecule has 9 heteroatoms. The van der Waals surface area contributed by atoms with Crippen LogP contribution in [0.15, 0.2) is 65.9 Å². The van der Waals surface area contributed by atoms with Crippen molar-refractivity contribution in [1.29, 1.82) is 0 Å². The number of ether oxygens (including phenoxy) is 2. The number of carbonyl (C=O) groups is 1. The lowest BCUT2D eigenvalue weighted by molar-refractivity contribution is -0.384. The van der Waals surface area contributed by atoms with Crippen LogP contribution >= 0.6 is 0 Å². The summed E-state index contributed by atoms with van der Waals surface area (Å²) in [4.78, 5) is 22.7. The molecule has 3 rings (SSSR count). The van der Waals surface area contributed by atoms with Gasteiger partial charge in [0.2, 0.25) is 0 Å². The smallest absolute Gasteiger partial charge is 0.271 e. The number of non-ortho nitro benzene ring substituents is 1. The molecule has 3 aromatic rings. The van der Waals surface area contributed by atoms with Crippen molar-refractivity contribution in [3.8, 4) is 17.2 Å². The van der Waals surface area contributed by atoms with Crippen LogP contribution in [-0.2, 0) is 0 Å². The lowest BCUT2D eigenvalue weighted by Gasteiger charge is -2.08. The van der Waals surface area contributed by atoms with Gasteiger partial charge in [0.25, 0.3) is 11.6 Å². The van der Waals surface area contributed by atoms with E-state index in [-0.39, 0.29) is 5.69 Å². The maximum Gasteiger partial charge on any atom is 0.271 e. The molecule has 29 heavy (non-hydrogen) atoms. The third-order valence-corrected chi connectivity index (χ3v) is 4.10. The van der Waals surface area contributed by atoms with E-state index in [1.807, 2.05) is 0 Å². The average molecular weight is 394 g/mol. The summed E-state index contributed by atoms with van der Waals surface area (Å²) in [5, 5.41) is 14.8. The van der Waals surface area contributed by atoms with Crippen LogP contribution in [0.1, 0.15) is 16.1 Å². The Morgan fingerprint density at radius 1 is 1.10 bits per heavy atom. The van der Waals surface area contributed by atoms with Gasteiger partial charge in [-0.25, -0.2) is 5.43 Å². The van der Waals surface area contributed by atoms with Crippen molar-refractivity contribution in [3.05, 3.63) is 82.2 Å². The standard InChI is InChI=1S/C20H18N4O5/c1-28-18-10-14(11-19(12-18)29-2)20(25)22-21-13-17-4-3-9-23(17)15-5-7-16(8-6-15)24(26)27/h3-13H,1-2H3,(H,22,25)/b21-13-. The number of aromatic nitrogens is 1. The molecular weight excluding hydrogens is 376 g/mol. The molecule has 1 heterocycles. The molecule has 0 radical (unpaired) electrons. The molecule has 1 aromatic heterocycles. The predicted octanol–water partition coefficient (Wildman–Crippen LogP) is 3.17. The monoisotopic (exact) mass is 394 g/mol. The van der Waals surface area contributed by atoms with Gasteiger partial charge in [-0.2, -0.15) is 5.10 Å². The highest BCUT2D eigenvalue weighted by Gasteiger charge is 2.10. The van der Waals surface area contributed by atoms with Crippen molar-refractivity contribution in [2.45, 2.75) is 0 Å². The first-order chi connectivity index (χ1) is 14.0. The zero-order valence-corrected chi connectivity index (χ0v) is 15.7. The molecule has 0 saturated carbocycles. The fourth-order valence-electron chi connectivity index (χ4n) is 2.63. The molecule has 0 atom stereocenters. The van der Waals surface area contributed by atoms with E-state index in [0.29, 0.717) is 22.8 Å². The van der Waals surface area contributed by atoms with Crippen molar-refractivity contribution in [3.63, 3.8) is 0 Å². The van der Waals surface area contributed by atoms with Gasteiger partial charge in [0, 0.05) is 35.6 Å². The van der Waals surface area contributed by atoms with Gasteiger partial charge in [0.1, 0.15) is 11.5 Å². The van der Waals surface area contributed by atoms with Crippen molar-refractivity contribution in [2.24, 2.45) is 5.10 Å². The number of nitrogens with zero attached hydrogens (tertiary/aromatic N) is 3. The Bertz CT molecular complexity index is 1030. The first-order valence-electron chi connectivity index (χ1n) is 8.50. The second-order valence-electron chi connectivity index (χ2n) is 5.88. The van der Waals surface area contributed by atoms with Crippen molar-refractivity contribution < 1.29 is 19.2 Å². The van der Waals surface area contributed by atoms with E-state index in [9.17, 15) is 14.9 Å². The van der Waals surface area contributed by atoms with Crippen LogP contribution in [0.2, 0.25) is 0 Å². The molecule has 0 aliphatic rings. The van der Waals surface area contributed by atoms with Gasteiger partial charge < -0.3 is 14.0 Å². The fourth-order valence-corrected chi connectivity index (χ4v) is 2.63. The summed E-state index contributed by atoms with van der Waals surface area (Å²) in [6.45, 7) is 0. The maximum atomic E-state index is 12.4. The number of hydrogen-bond donors (Lipinski definition) is 1. The zero-order chi connectivity index (χ0) is 20.8. The first kappa shape index (κ1) is 19.6. The largest absolute Gasteiger partial charge is 0.497 e. The number of methoxy groups -OCH3 is 2. The van der Waals surface area contributed by atoms with E-state index in [4.69, 9.17) is 9.47 Å². The second-order valence-corrected chi connectivity index (χ2v) is 5.88. The number of rotatable bonds is 7. The molecule has 0 aliphatic heterocycles. The first-order valence-corrected chi connectivity index (χ1v) is 8.50. The highest BCUT2D eigenvalue weighted by molar-refractivity contribution is 5.95. The molecule has 0 aliphatic carbocycles. The van der Waals surface area contributed by atoms with Gasteiger partial charge in [-0.1, -0.05) is 0 Å². The third-order valence-electron chi connectivity index (χ3n) is 4.10. The van der Waals surface area contributed by atoms with E-state index in [0.717, 1.165) is 5.69 Å². The third kappa shape index (κ3) is 4.59. The molecule has 9 nitrogen and oxygen atoms in total. The van der Waals surface area contributed by atoms with Crippen LogP contribution < -0.4 is 14.9 Å². The molecule has 1 N–H and O–H groups in total. The number of hydrazone groups is 1. The van der Waals surface area contributed by atoms with E-state index >= 15 is 0 Å². The molecule has 0 spiro atoms. The number of nitrogens with one attached hydrogen (secondary N) is 1. The Kier molecular flexibility index (Phi) is 5.88. The summed E-state index contributed by atoms with van der Waals surface area (Å²) in [5.74, 6) is 0.558. The lowest BCUT2D eigenvalue weighted by atomic mass is 10.2. The molecule has 0 bridgehead atoms. The SMILES string of the molecule is COc1cc(OC)cc(C(=O)N/N=C\c2cccn2-c2ccc([N+](=O)[O-])cc2)c1. The van der Waals surface area contributed by atoms with E-state index in [1.165, 1.54) is 32.6 Å². The van der Waals surface area contributed by atoms with Crippen molar-refractivity contribution >= 4 is 17.8 Å². The quantitative estimate of drug-likeness (QED) is 0.376. The summed E-state index contributed by atoms with van der Waals surface area (Å²) in [5.41, 5.74) is 4.22. The van der Waals surface area contributed by atoms with E-state index in [1.54, 1.807) is 53.2 Å². The molecule has 2 aromatic carbocycles. The predicted molar refractivity (Wildman–Crippen MR) is 107 cm³/mol. The summed E-state index contributed by atoms with van der Waals surface area (Å²) >= 11 is 0. The van der Waals surface area contributed by atoms with Gasteiger partial charge in [-0.15, -0.1) is 0 Å². The van der Waals surface area contributed by atoms with Gasteiger partial charge >= 0.3 is 0 Å². The van der Waals surface area contributed by atoms with Crippen LogP contribution in [0.5, 0.6) is 11.5 Å². The van der Waals surface area contributed by atoms with Gasteiger partial charge in [-0.3, -0.25) is 14.9 Å². The minimum absolute atomic E-state index is 0.0112. The highest BCUT2D eigenvalue weighted by Crippen LogP contribution is 2.22. The topological polar surface area (TPSA) is 108 Å². The fraction of sp³-hybridized carbons (Fsp3) is 0.100. The summed E-state index contributed by atoms with van der Waals surface area (Å²) in [6.07, 6.45) is 3.27. The molecule has 0 saturated heterocycles. The Balaban J connectivity index is 1.74. The molecular formula is C20H18N4O5. The van der Waals surface area contributed by atoms with E-state index < -0.39 is 10.8 Å². The Morgan fingerprint density at radius 2 is 1.76 bits per heavy atom. The zero-order valence-electron chi connectivity index (χ0n) is 15.7. The van der Waals surface area contributed by atoms with Crippen molar-refractivity contribution in [1.82, 2.24) is 9.99 Å². The van der Waals surface area contributed by atoms with Gasteiger partial charge in [-0.05, 0) is 36.4 Å². The summed E-state index contributed by atoms with van der Waals surface area (Å²) < 4.78 is 12.1. The number of nitro benzene ring substituents is 1. The van der Waals surface area contributed by atoms with Crippen LogP contribution in [0.3, 0.4) is 0 Å². The minimum Gasteiger partial charge on any atom is -0.497 e. The Morgan fingerprint density at radius 3 is 2.34 bits per heavy atom. The Hall–Kier alpha value is -4.14. The van der Waals surface area contributed by atoms with E-state index in [2.05, 4.69) is 10.5 Å². The molecule has 148 valence electrons. The normalized spacial score (nSPS) is 10.7. The minimum atomic E-state index is -0.453. The van der Waals surface area contributed by atoms with Crippen LogP contribution in [0.4, 0.5) is 5.69 Å². The molecule has 1 amide bonds. The second kappa shape index (κ2) is 8.70. The molecule has 0 fully saturated rings. The number of carbonyl (C=O) groups excluding carboxylic acids is 1. The number of nitro groups is 1. The van der Waals surface area contributed by atoms with Crippen molar-refractivity contribution in [2.75, 3.05) is 14.2 Å². The molecule has 0 unspecified atom stereocenters. The van der Waals surface area contributed by atoms with Crippen LogP contribution in [0, 0.1) is 10.1 Å². The Labute approximate surface area is 166 Å².